The normalized spacial score (nSPS) is 17.0. The highest BCUT2D eigenvalue weighted by Gasteiger charge is 2.24. The number of benzene rings is 1. The molecule has 6 nitrogen and oxygen atoms in total. The molecule has 0 saturated carbocycles. The topological polar surface area (TPSA) is 78.2 Å². The number of aromatic amines is 1. The van der Waals surface area contributed by atoms with Crippen LogP contribution >= 0.6 is 0 Å². The molecule has 0 aliphatic carbocycles. The Morgan fingerprint density at radius 3 is 2.81 bits per heavy atom. The van der Waals surface area contributed by atoms with Gasteiger partial charge in [-0.2, -0.15) is 0 Å². The lowest BCUT2D eigenvalue weighted by Crippen LogP contribution is -2.46. The third-order valence-corrected chi connectivity index (χ3v) is 4.99. The Bertz CT molecular complexity index is 658. The van der Waals surface area contributed by atoms with E-state index in [1.165, 1.54) is 5.56 Å². The molecule has 1 saturated heterocycles. The van der Waals surface area contributed by atoms with E-state index in [0.29, 0.717) is 6.42 Å². The Hall–Kier alpha value is -2.18. The number of carbonyl (C=O) groups excluding carboxylic acids is 1. The molecule has 1 aromatic carbocycles. The summed E-state index contributed by atoms with van der Waals surface area (Å²) in [6.07, 6.45) is 7.12. The zero-order valence-electron chi connectivity index (χ0n) is 15.3. The SMILES string of the molecule is N[C@@H](Cc1cnc[nH]1)C(=O)N1CCCN(CCCc2ccccc2)CC1. The molecule has 140 valence electrons. The van der Waals surface area contributed by atoms with E-state index in [1.54, 1.807) is 12.5 Å². The Kier molecular flexibility index (Phi) is 6.80. The number of hydrogen-bond donors (Lipinski definition) is 2. The van der Waals surface area contributed by atoms with Crippen LogP contribution in [0.5, 0.6) is 0 Å². The van der Waals surface area contributed by atoms with Crippen LogP contribution in [0.15, 0.2) is 42.9 Å². The van der Waals surface area contributed by atoms with Gasteiger partial charge in [0.1, 0.15) is 0 Å². The predicted molar refractivity (Wildman–Crippen MR) is 103 cm³/mol. The van der Waals surface area contributed by atoms with Crippen LogP contribution in [0.2, 0.25) is 0 Å². The summed E-state index contributed by atoms with van der Waals surface area (Å²) in [5.74, 6) is 0.0470. The number of aryl methyl sites for hydroxylation is 1. The molecule has 1 atom stereocenters. The Balaban J connectivity index is 1.41. The van der Waals surface area contributed by atoms with Crippen molar-refractivity contribution >= 4 is 5.91 Å². The van der Waals surface area contributed by atoms with Crippen molar-refractivity contribution in [2.75, 3.05) is 32.7 Å². The summed E-state index contributed by atoms with van der Waals surface area (Å²) in [5, 5.41) is 0. The molecule has 2 heterocycles. The fourth-order valence-corrected chi connectivity index (χ4v) is 3.52. The maximum atomic E-state index is 12.6. The van der Waals surface area contributed by atoms with Crippen LogP contribution in [0.4, 0.5) is 0 Å². The van der Waals surface area contributed by atoms with E-state index in [2.05, 4.69) is 45.2 Å². The van der Waals surface area contributed by atoms with Crippen LogP contribution in [0, 0.1) is 0 Å². The molecule has 6 heteroatoms. The van der Waals surface area contributed by atoms with Gasteiger partial charge in [0.05, 0.1) is 12.4 Å². The molecule has 0 unspecified atom stereocenters. The molecule has 1 fully saturated rings. The van der Waals surface area contributed by atoms with E-state index in [0.717, 1.165) is 57.7 Å². The summed E-state index contributed by atoms with van der Waals surface area (Å²) < 4.78 is 0. The molecule has 0 spiro atoms. The second-order valence-corrected chi connectivity index (χ2v) is 7.00. The van der Waals surface area contributed by atoms with Gasteiger partial charge < -0.3 is 20.5 Å². The predicted octanol–water partition coefficient (Wildman–Crippen LogP) is 1.45. The highest BCUT2D eigenvalue weighted by molar-refractivity contribution is 5.82. The smallest absolute Gasteiger partial charge is 0.239 e. The second-order valence-electron chi connectivity index (χ2n) is 7.00. The van der Waals surface area contributed by atoms with E-state index in [-0.39, 0.29) is 5.91 Å². The number of aromatic nitrogens is 2. The van der Waals surface area contributed by atoms with Crippen LogP contribution in [0.25, 0.3) is 0 Å². The minimum atomic E-state index is -0.500. The summed E-state index contributed by atoms with van der Waals surface area (Å²) in [6, 6.07) is 10.1. The fraction of sp³-hybridized carbons (Fsp3) is 0.500. The Labute approximate surface area is 155 Å². The Morgan fingerprint density at radius 1 is 1.19 bits per heavy atom. The number of hydrogen-bond acceptors (Lipinski definition) is 4. The van der Waals surface area contributed by atoms with Crippen molar-refractivity contribution in [1.29, 1.82) is 0 Å². The number of amides is 1. The van der Waals surface area contributed by atoms with Crippen LogP contribution in [-0.2, 0) is 17.6 Å². The average Bonchev–Trinajstić information content (AvgIpc) is 3.06. The molecule has 1 aliphatic rings. The number of nitrogens with zero attached hydrogens (tertiary/aromatic N) is 3. The minimum absolute atomic E-state index is 0.0470. The summed E-state index contributed by atoms with van der Waals surface area (Å²) >= 11 is 0. The van der Waals surface area contributed by atoms with Crippen molar-refractivity contribution in [3.63, 3.8) is 0 Å². The molecule has 1 amide bonds. The number of imidazole rings is 1. The minimum Gasteiger partial charge on any atom is -0.348 e. The first kappa shape index (κ1) is 18.6. The van der Waals surface area contributed by atoms with Crippen LogP contribution in [0.1, 0.15) is 24.1 Å². The van der Waals surface area contributed by atoms with Gasteiger partial charge in [0.2, 0.25) is 5.91 Å². The number of carbonyl (C=O) groups is 1. The molecule has 3 rings (SSSR count). The lowest BCUT2D eigenvalue weighted by Gasteiger charge is -2.24. The van der Waals surface area contributed by atoms with Gasteiger partial charge in [-0.25, -0.2) is 4.98 Å². The molecular weight excluding hydrogens is 326 g/mol. The monoisotopic (exact) mass is 355 g/mol. The number of nitrogens with two attached hydrogens (primary N) is 1. The van der Waals surface area contributed by atoms with Gasteiger partial charge in [-0.1, -0.05) is 30.3 Å². The van der Waals surface area contributed by atoms with E-state index in [1.807, 2.05) is 4.90 Å². The zero-order chi connectivity index (χ0) is 18.2. The largest absolute Gasteiger partial charge is 0.348 e. The highest BCUT2D eigenvalue weighted by Crippen LogP contribution is 2.09. The first-order valence-corrected chi connectivity index (χ1v) is 9.50. The van der Waals surface area contributed by atoms with E-state index < -0.39 is 6.04 Å². The van der Waals surface area contributed by atoms with Gasteiger partial charge in [-0.05, 0) is 37.9 Å². The standard InChI is InChI=1S/C20H29N5O/c21-19(14-18-15-22-16-23-18)20(26)25-11-5-10-24(12-13-25)9-4-8-17-6-2-1-3-7-17/h1-3,6-7,15-16,19H,4-5,8-14,21H2,(H,22,23)/t19-/m0/s1. The quantitative estimate of drug-likeness (QED) is 0.788. The lowest BCUT2D eigenvalue weighted by molar-refractivity contribution is -0.132. The van der Waals surface area contributed by atoms with E-state index in [4.69, 9.17) is 5.73 Å². The lowest BCUT2D eigenvalue weighted by atomic mass is 10.1. The van der Waals surface area contributed by atoms with Gasteiger partial charge in [0.15, 0.2) is 0 Å². The van der Waals surface area contributed by atoms with Crippen molar-refractivity contribution in [3.8, 4) is 0 Å². The number of rotatable bonds is 7. The third-order valence-electron chi connectivity index (χ3n) is 4.99. The summed E-state index contributed by atoms with van der Waals surface area (Å²) in [7, 11) is 0. The molecular formula is C20H29N5O. The van der Waals surface area contributed by atoms with Gasteiger partial charge in [-0.3, -0.25) is 4.79 Å². The van der Waals surface area contributed by atoms with Gasteiger partial charge in [0.25, 0.3) is 0 Å². The van der Waals surface area contributed by atoms with Crippen LogP contribution in [-0.4, -0.2) is 64.4 Å². The van der Waals surface area contributed by atoms with Crippen molar-refractivity contribution < 1.29 is 4.79 Å². The zero-order valence-corrected chi connectivity index (χ0v) is 15.3. The first-order valence-electron chi connectivity index (χ1n) is 9.50. The maximum absolute atomic E-state index is 12.6. The second kappa shape index (κ2) is 9.50. The number of H-pyrrole nitrogens is 1. The summed E-state index contributed by atoms with van der Waals surface area (Å²) in [5.41, 5.74) is 8.42. The number of nitrogens with one attached hydrogen (secondary N) is 1. The molecule has 3 N–H and O–H groups in total. The van der Waals surface area contributed by atoms with Crippen molar-refractivity contribution in [3.05, 3.63) is 54.1 Å². The maximum Gasteiger partial charge on any atom is 0.239 e. The molecule has 1 aromatic heterocycles. The molecule has 0 radical (unpaired) electrons. The van der Waals surface area contributed by atoms with Crippen molar-refractivity contribution in [1.82, 2.24) is 19.8 Å². The molecule has 26 heavy (non-hydrogen) atoms. The Morgan fingerprint density at radius 2 is 2.04 bits per heavy atom. The first-order chi connectivity index (χ1) is 12.7. The highest BCUT2D eigenvalue weighted by atomic mass is 16.2. The van der Waals surface area contributed by atoms with Crippen LogP contribution < -0.4 is 5.73 Å². The summed E-state index contributed by atoms with van der Waals surface area (Å²) in [4.78, 5) is 24.0. The molecule has 0 bridgehead atoms. The van der Waals surface area contributed by atoms with Gasteiger partial charge >= 0.3 is 0 Å². The average molecular weight is 355 g/mol. The van der Waals surface area contributed by atoms with Crippen molar-refractivity contribution in [2.24, 2.45) is 5.73 Å². The molecule has 2 aromatic rings. The van der Waals surface area contributed by atoms with Gasteiger partial charge in [-0.15, -0.1) is 0 Å². The fourth-order valence-electron chi connectivity index (χ4n) is 3.52. The van der Waals surface area contributed by atoms with E-state index >= 15 is 0 Å². The summed E-state index contributed by atoms with van der Waals surface area (Å²) in [6.45, 7) is 4.62. The van der Waals surface area contributed by atoms with Crippen LogP contribution in [0.3, 0.4) is 0 Å². The van der Waals surface area contributed by atoms with Crippen molar-refractivity contribution in [2.45, 2.75) is 31.7 Å². The van der Waals surface area contributed by atoms with Gasteiger partial charge in [0, 0.05) is 37.9 Å². The molecule has 1 aliphatic heterocycles. The third kappa shape index (κ3) is 5.41. The van der Waals surface area contributed by atoms with E-state index in [9.17, 15) is 4.79 Å².